The summed E-state index contributed by atoms with van der Waals surface area (Å²) in [5, 5.41) is 72.0. The Balaban J connectivity index is 1.81. The first-order chi connectivity index (χ1) is 32.0. The zero-order valence-electron chi connectivity index (χ0n) is 40.4. The van der Waals surface area contributed by atoms with Gasteiger partial charge in [-0.2, -0.15) is 0 Å². The van der Waals surface area contributed by atoms with Gasteiger partial charge in [0.2, 0.25) is 0 Å². The highest BCUT2D eigenvalue weighted by molar-refractivity contribution is 5.70. The lowest BCUT2D eigenvalue weighted by molar-refractivity contribution is -0.332. The van der Waals surface area contributed by atoms with Crippen LogP contribution in [0.3, 0.4) is 0 Å². The van der Waals surface area contributed by atoms with Crippen molar-refractivity contribution in [3.63, 3.8) is 0 Å². The van der Waals surface area contributed by atoms with E-state index in [1.54, 1.807) is 0 Å². The molecule has 2 saturated heterocycles. The molecule has 11 atom stereocenters. The minimum absolute atomic E-state index is 0.155. The van der Waals surface area contributed by atoms with Crippen molar-refractivity contribution in [2.24, 2.45) is 0 Å². The summed E-state index contributed by atoms with van der Waals surface area (Å²) < 4.78 is 33.5. The molecule has 0 spiro atoms. The number of rotatable bonds is 39. The molecule has 0 aliphatic carbocycles. The summed E-state index contributed by atoms with van der Waals surface area (Å²) >= 11 is 0. The van der Waals surface area contributed by atoms with Crippen molar-refractivity contribution < 1.29 is 73.8 Å². The Morgan fingerprint density at radius 1 is 0.485 bits per heavy atom. The Morgan fingerprint density at radius 3 is 1.45 bits per heavy atom. The van der Waals surface area contributed by atoms with Gasteiger partial charge >= 0.3 is 11.9 Å². The Morgan fingerprint density at radius 2 is 0.909 bits per heavy atom. The molecule has 0 bridgehead atoms. The van der Waals surface area contributed by atoms with Crippen molar-refractivity contribution in [1.82, 2.24) is 0 Å². The lowest BCUT2D eigenvalue weighted by atomic mass is 9.98. The van der Waals surface area contributed by atoms with Crippen LogP contribution in [0, 0.1) is 0 Å². The molecule has 0 aromatic carbocycles. The average molecular weight is 943 g/mol. The van der Waals surface area contributed by atoms with Crippen molar-refractivity contribution in [1.29, 1.82) is 0 Å². The van der Waals surface area contributed by atoms with Gasteiger partial charge in [-0.1, -0.05) is 134 Å². The topological polar surface area (TPSA) is 231 Å². The van der Waals surface area contributed by atoms with E-state index in [1.165, 1.54) is 57.8 Å². The SMILES string of the molecule is CCCCC/C=C\CCCCCCCC(=O)OCC(COC1OC(COC2OC(CO)C(O)C(O)C2O)C(O)C(O)C1O)OC(=O)CCCCCCCCC/C=C\C/C=C\CCCCCC. The molecule has 66 heavy (non-hydrogen) atoms. The second-order valence-corrected chi connectivity index (χ2v) is 18.0. The number of unbranched alkanes of at least 4 members (excludes halogenated alkanes) is 19. The third-order valence-corrected chi connectivity index (χ3v) is 12.1. The molecule has 15 heteroatoms. The van der Waals surface area contributed by atoms with Crippen molar-refractivity contribution in [3.05, 3.63) is 36.5 Å². The molecule has 11 unspecified atom stereocenters. The van der Waals surface area contributed by atoms with Gasteiger partial charge in [-0.3, -0.25) is 9.59 Å². The molecular formula is C51H90O15. The third-order valence-electron chi connectivity index (χ3n) is 12.1. The zero-order valence-corrected chi connectivity index (χ0v) is 40.4. The molecule has 384 valence electrons. The summed E-state index contributed by atoms with van der Waals surface area (Å²) in [5.41, 5.74) is 0. The summed E-state index contributed by atoms with van der Waals surface area (Å²) in [5.74, 6) is -0.944. The Kier molecular flexibility index (Phi) is 35.0. The summed E-state index contributed by atoms with van der Waals surface area (Å²) in [6.45, 7) is 2.53. The maximum atomic E-state index is 13.0. The molecule has 0 aromatic rings. The fourth-order valence-electron chi connectivity index (χ4n) is 7.83. The third kappa shape index (κ3) is 26.5. The van der Waals surface area contributed by atoms with Gasteiger partial charge in [0.25, 0.3) is 0 Å². The average Bonchev–Trinajstić information content (AvgIpc) is 3.31. The lowest BCUT2D eigenvalue weighted by Crippen LogP contribution is -2.61. The molecule has 2 heterocycles. The van der Waals surface area contributed by atoms with Gasteiger partial charge in [0.1, 0.15) is 55.4 Å². The van der Waals surface area contributed by atoms with E-state index < -0.39 is 92.7 Å². The summed E-state index contributed by atoms with van der Waals surface area (Å²) in [7, 11) is 0. The van der Waals surface area contributed by atoms with Crippen molar-refractivity contribution >= 4 is 11.9 Å². The first kappa shape index (κ1) is 59.8. The van der Waals surface area contributed by atoms with E-state index in [0.717, 1.165) is 83.5 Å². The summed E-state index contributed by atoms with van der Waals surface area (Å²) in [4.78, 5) is 25.7. The number of aliphatic hydroxyl groups is 7. The minimum atomic E-state index is -1.77. The highest BCUT2D eigenvalue weighted by atomic mass is 16.7. The van der Waals surface area contributed by atoms with Crippen LogP contribution in [0.2, 0.25) is 0 Å². The van der Waals surface area contributed by atoms with Crippen LogP contribution in [0.15, 0.2) is 36.5 Å². The van der Waals surface area contributed by atoms with Crippen LogP contribution in [0.1, 0.15) is 181 Å². The molecule has 7 N–H and O–H groups in total. The quantitative estimate of drug-likeness (QED) is 0.0188. The second kappa shape index (κ2) is 38.6. The van der Waals surface area contributed by atoms with E-state index >= 15 is 0 Å². The standard InChI is InChI=1S/C51H90O15/c1-3-5-7-9-11-13-15-17-18-19-20-21-22-24-26-28-30-32-34-43(54)64-39(36-61-42(53)33-31-29-27-25-23-16-14-12-10-8-6-4-2)37-62-50-49(60)47(58)45(56)41(66-50)38-63-51-48(59)46(57)44(55)40(35-52)65-51/h12-15,18-19,39-41,44-52,55-60H,3-11,16-17,20-38H2,1-2H3/b14-12-,15-13-,19-18-. The van der Waals surface area contributed by atoms with E-state index in [4.69, 9.17) is 28.4 Å². The van der Waals surface area contributed by atoms with Crippen LogP contribution in [0.25, 0.3) is 0 Å². The number of carbonyl (C=O) groups is 2. The predicted molar refractivity (Wildman–Crippen MR) is 252 cm³/mol. The minimum Gasteiger partial charge on any atom is -0.462 e. The Bertz CT molecular complexity index is 1290. The van der Waals surface area contributed by atoms with Gasteiger partial charge in [-0.05, 0) is 70.6 Å². The molecular weight excluding hydrogens is 853 g/mol. The normalized spacial score (nSPS) is 26.4. The lowest BCUT2D eigenvalue weighted by Gasteiger charge is -2.42. The van der Waals surface area contributed by atoms with E-state index in [0.29, 0.717) is 12.8 Å². The largest absolute Gasteiger partial charge is 0.462 e. The maximum absolute atomic E-state index is 13.0. The monoisotopic (exact) mass is 943 g/mol. The highest BCUT2D eigenvalue weighted by Gasteiger charge is 2.47. The van der Waals surface area contributed by atoms with Crippen LogP contribution in [0.4, 0.5) is 0 Å². The van der Waals surface area contributed by atoms with Gasteiger partial charge in [-0.25, -0.2) is 0 Å². The van der Waals surface area contributed by atoms with Crippen molar-refractivity contribution in [2.45, 2.75) is 248 Å². The number of hydrogen-bond acceptors (Lipinski definition) is 15. The van der Waals surface area contributed by atoms with Crippen LogP contribution >= 0.6 is 0 Å². The molecule has 15 nitrogen and oxygen atoms in total. The molecule has 2 aliphatic heterocycles. The van der Waals surface area contributed by atoms with Gasteiger partial charge in [0.15, 0.2) is 18.7 Å². The molecule has 0 amide bonds. The number of aliphatic hydroxyl groups excluding tert-OH is 7. The summed E-state index contributed by atoms with van der Waals surface area (Å²) in [6.07, 6.45) is 23.1. The van der Waals surface area contributed by atoms with E-state index in [1.807, 2.05) is 0 Å². The number of esters is 2. The van der Waals surface area contributed by atoms with Gasteiger partial charge in [0.05, 0.1) is 19.8 Å². The molecule has 0 radical (unpaired) electrons. The van der Waals surface area contributed by atoms with Crippen molar-refractivity contribution in [2.75, 3.05) is 26.4 Å². The molecule has 2 aliphatic rings. The summed E-state index contributed by atoms with van der Waals surface area (Å²) in [6, 6.07) is 0. The fraction of sp³-hybridized carbons (Fsp3) is 0.843. The van der Waals surface area contributed by atoms with Crippen molar-refractivity contribution in [3.8, 4) is 0 Å². The van der Waals surface area contributed by atoms with Gasteiger partial charge in [0, 0.05) is 12.8 Å². The van der Waals surface area contributed by atoms with E-state index in [-0.39, 0.29) is 26.1 Å². The van der Waals surface area contributed by atoms with Crippen LogP contribution in [-0.2, 0) is 38.0 Å². The number of allylic oxidation sites excluding steroid dienone is 6. The van der Waals surface area contributed by atoms with Gasteiger partial charge in [-0.15, -0.1) is 0 Å². The Labute approximate surface area is 395 Å². The highest BCUT2D eigenvalue weighted by Crippen LogP contribution is 2.26. The first-order valence-electron chi connectivity index (χ1n) is 25.6. The van der Waals surface area contributed by atoms with E-state index in [2.05, 4.69) is 50.3 Å². The van der Waals surface area contributed by atoms with Gasteiger partial charge < -0.3 is 64.2 Å². The number of hydrogen-bond donors (Lipinski definition) is 7. The number of ether oxygens (including phenoxy) is 6. The first-order valence-corrected chi connectivity index (χ1v) is 25.6. The molecule has 0 aromatic heterocycles. The van der Waals surface area contributed by atoms with Crippen LogP contribution in [-0.4, -0.2) is 142 Å². The fourth-order valence-corrected chi connectivity index (χ4v) is 7.83. The molecule has 2 fully saturated rings. The number of carbonyl (C=O) groups excluding carboxylic acids is 2. The molecule has 2 rings (SSSR count). The second-order valence-electron chi connectivity index (χ2n) is 18.0. The smallest absolute Gasteiger partial charge is 0.306 e. The maximum Gasteiger partial charge on any atom is 0.306 e. The van der Waals surface area contributed by atoms with Crippen LogP contribution in [0.5, 0.6) is 0 Å². The van der Waals surface area contributed by atoms with Crippen LogP contribution < -0.4 is 0 Å². The van der Waals surface area contributed by atoms with E-state index in [9.17, 15) is 45.3 Å². The predicted octanol–water partition coefficient (Wildman–Crippen LogP) is 6.93. The Hall–Kier alpha value is -2.28. The molecule has 0 saturated carbocycles. The zero-order chi connectivity index (χ0) is 48.2.